The number of aryl methyl sites for hydroxylation is 2. The second-order valence-corrected chi connectivity index (χ2v) is 12.6. The van der Waals surface area contributed by atoms with Crippen molar-refractivity contribution >= 4 is 34.8 Å². The summed E-state index contributed by atoms with van der Waals surface area (Å²) in [6.07, 6.45) is 19.5. The second kappa shape index (κ2) is 21.6. The van der Waals surface area contributed by atoms with Crippen LogP contribution in [0.2, 0.25) is 15.1 Å². The van der Waals surface area contributed by atoms with E-state index in [2.05, 4.69) is 13.8 Å². The first-order valence-electron chi connectivity index (χ1n) is 16.2. The molecule has 0 saturated heterocycles. The van der Waals surface area contributed by atoms with E-state index in [1.165, 1.54) is 77.0 Å². The average Bonchev–Trinajstić information content (AvgIpc) is 3.02. The molecule has 1 aliphatic carbocycles. The molecule has 0 radical (unpaired) electrons. The molecule has 238 valence electrons. The monoisotopic (exact) mass is 648 g/mol. The largest absolute Gasteiger partial charge is 0.506 e. The Morgan fingerprint density at radius 1 is 0.535 bits per heavy atom. The molecule has 0 atom stereocenters. The normalized spacial score (nSPS) is 13.0. The van der Waals surface area contributed by atoms with Crippen molar-refractivity contribution in [3.05, 3.63) is 86.4 Å². The molecule has 0 unspecified atom stereocenters. The minimum Gasteiger partial charge on any atom is -0.506 e. The fourth-order valence-electron chi connectivity index (χ4n) is 5.45. The van der Waals surface area contributed by atoms with E-state index < -0.39 is 0 Å². The molecule has 0 aliphatic heterocycles. The highest BCUT2D eigenvalue weighted by molar-refractivity contribution is 6.33. The number of phenols is 3. The highest BCUT2D eigenvalue weighted by Crippen LogP contribution is 2.39. The van der Waals surface area contributed by atoms with E-state index in [-0.39, 0.29) is 17.2 Å². The van der Waals surface area contributed by atoms with Gasteiger partial charge in [0.15, 0.2) is 0 Å². The third-order valence-electron chi connectivity index (χ3n) is 8.02. The number of phenolic OH excluding ortho intramolecular Hbond substituents is 3. The Morgan fingerprint density at radius 3 is 1.44 bits per heavy atom. The molecule has 0 heterocycles. The zero-order valence-corrected chi connectivity index (χ0v) is 28.3. The number of unbranched alkanes of at least 4 members (excludes halogenated alkanes) is 7. The Bertz CT molecular complexity index is 1190. The zero-order chi connectivity index (χ0) is 31.5. The van der Waals surface area contributed by atoms with Crippen molar-refractivity contribution in [3.63, 3.8) is 0 Å². The third-order valence-corrected chi connectivity index (χ3v) is 9.30. The molecule has 3 aromatic rings. The van der Waals surface area contributed by atoms with Gasteiger partial charge >= 0.3 is 0 Å². The first-order valence-corrected chi connectivity index (χ1v) is 17.3. The lowest BCUT2D eigenvalue weighted by atomic mass is 9.84. The van der Waals surface area contributed by atoms with E-state index in [4.69, 9.17) is 34.8 Å². The van der Waals surface area contributed by atoms with Gasteiger partial charge in [0.2, 0.25) is 0 Å². The molecule has 4 rings (SSSR count). The second-order valence-electron chi connectivity index (χ2n) is 11.5. The van der Waals surface area contributed by atoms with Crippen molar-refractivity contribution in [2.24, 2.45) is 0 Å². The van der Waals surface area contributed by atoms with Gasteiger partial charge in [-0.25, -0.2) is 0 Å². The van der Waals surface area contributed by atoms with Crippen LogP contribution >= 0.6 is 34.8 Å². The highest BCUT2D eigenvalue weighted by Gasteiger charge is 2.19. The lowest BCUT2D eigenvalue weighted by Gasteiger charge is -2.23. The number of aromatic hydroxyl groups is 3. The smallest absolute Gasteiger partial charge is 0.134 e. The number of hydrogen-bond donors (Lipinski definition) is 3. The van der Waals surface area contributed by atoms with Crippen LogP contribution in [0.1, 0.15) is 126 Å². The summed E-state index contributed by atoms with van der Waals surface area (Å²) in [5, 5.41) is 29.9. The maximum Gasteiger partial charge on any atom is 0.134 e. The Hall–Kier alpha value is -2.07. The topological polar surface area (TPSA) is 60.7 Å². The van der Waals surface area contributed by atoms with E-state index in [1.54, 1.807) is 18.2 Å². The maximum atomic E-state index is 9.50. The van der Waals surface area contributed by atoms with E-state index >= 15 is 0 Å². The SMILES string of the molecule is CCCCCCCc1cccc(O)c1Cl.CCCCCCc1cccc(O)c1Cl.Oc1cccc(C2CCCCC2)c1Cl. The Morgan fingerprint density at radius 2 is 0.953 bits per heavy atom. The van der Waals surface area contributed by atoms with Crippen LogP contribution in [0.4, 0.5) is 0 Å². The van der Waals surface area contributed by atoms with E-state index in [0.29, 0.717) is 21.0 Å². The number of benzene rings is 3. The predicted octanol–water partition coefficient (Wildman–Crippen LogP) is 12.8. The van der Waals surface area contributed by atoms with Gasteiger partial charge in [0.25, 0.3) is 0 Å². The highest BCUT2D eigenvalue weighted by atomic mass is 35.5. The van der Waals surface area contributed by atoms with Crippen molar-refractivity contribution in [1.82, 2.24) is 0 Å². The van der Waals surface area contributed by atoms with E-state index in [0.717, 1.165) is 42.4 Å². The molecule has 0 bridgehead atoms. The van der Waals surface area contributed by atoms with Crippen LogP contribution in [-0.4, -0.2) is 15.3 Å². The van der Waals surface area contributed by atoms with Crippen molar-refractivity contribution in [2.75, 3.05) is 0 Å². The number of halogens is 3. The predicted molar refractivity (Wildman–Crippen MR) is 185 cm³/mol. The summed E-state index contributed by atoms with van der Waals surface area (Å²) >= 11 is 18.0. The molecule has 0 amide bonds. The molecule has 43 heavy (non-hydrogen) atoms. The van der Waals surface area contributed by atoms with Gasteiger partial charge in [-0.2, -0.15) is 0 Å². The third kappa shape index (κ3) is 13.6. The van der Waals surface area contributed by atoms with Gasteiger partial charge in [0, 0.05) is 0 Å². The summed E-state index contributed by atoms with van der Waals surface area (Å²) in [5.41, 5.74) is 3.25. The fourth-order valence-corrected chi connectivity index (χ4v) is 6.17. The van der Waals surface area contributed by atoms with Crippen molar-refractivity contribution < 1.29 is 15.3 Å². The molecule has 3 aromatic carbocycles. The van der Waals surface area contributed by atoms with Crippen LogP contribution in [0.3, 0.4) is 0 Å². The van der Waals surface area contributed by atoms with Gasteiger partial charge in [-0.05, 0) is 79.3 Å². The van der Waals surface area contributed by atoms with Gasteiger partial charge in [-0.15, -0.1) is 0 Å². The van der Waals surface area contributed by atoms with Crippen molar-refractivity contribution in [1.29, 1.82) is 0 Å². The first-order chi connectivity index (χ1) is 20.8. The van der Waals surface area contributed by atoms with Crippen molar-refractivity contribution in [3.8, 4) is 17.2 Å². The minimum absolute atomic E-state index is 0.194. The fraction of sp³-hybridized carbons (Fsp3) is 0.514. The molecule has 0 spiro atoms. The molecule has 1 aliphatic rings. The number of rotatable bonds is 12. The van der Waals surface area contributed by atoms with Gasteiger partial charge in [-0.3, -0.25) is 0 Å². The quantitative estimate of drug-likeness (QED) is 0.171. The molecule has 3 N–H and O–H groups in total. The minimum atomic E-state index is 0.194. The van der Waals surface area contributed by atoms with Gasteiger partial charge in [0.05, 0.1) is 15.1 Å². The van der Waals surface area contributed by atoms with Crippen LogP contribution in [0.5, 0.6) is 17.2 Å². The van der Waals surface area contributed by atoms with Gasteiger partial charge in [0.1, 0.15) is 17.2 Å². The summed E-state index contributed by atoms with van der Waals surface area (Å²) in [4.78, 5) is 0. The summed E-state index contributed by atoms with van der Waals surface area (Å²) in [6, 6.07) is 16.5. The number of hydrogen-bond acceptors (Lipinski definition) is 3. The zero-order valence-electron chi connectivity index (χ0n) is 26.1. The summed E-state index contributed by atoms with van der Waals surface area (Å²) in [6.45, 7) is 4.41. The van der Waals surface area contributed by atoms with E-state index in [9.17, 15) is 15.3 Å². The van der Waals surface area contributed by atoms with Gasteiger partial charge < -0.3 is 15.3 Å². The molecule has 0 aromatic heterocycles. The van der Waals surface area contributed by atoms with Crippen LogP contribution < -0.4 is 0 Å². The molecule has 6 heteroatoms. The Kier molecular flexibility index (Phi) is 18.6. The van der Waals surface area contributed by atoms with E-state index in [1.807, 2.05) is 36.4 Å². The summed E-state index contributed by atoms with van der Waals surface area (Å²) < 4.78 is 0. The lowest BCUT2D eigenvalue weighted by molar-refractivity contribution is 0.438. The lowest BCUT2D eigenvalue weighted by Crippen LogP contribution is -2.04. The van der Waals surface area contributed by atoms with Crippen molar-refractivity contribution in [2.45, 2.75) is 122 Å². The summed E-state index contributed by atoms with van der Waals surface area (Å²) in [5.74, 6) is 1.17. The standard InChI is InChI=1S/C13H19ClO.C12H15ClO.C12H17ClO/c1-2-3-4-5-6-8-11-9-7-10-12(15)13(11)14;13-12-10(7-4-8-11(12)14)9-5-2-1-3-6-9;1-2-3-4-5-7-10-8-6-9-11(14)12(10)13/h7,9-10,15H,2-6,8H2,1H3;4,7-9,14H,1-3,5-6H2;6,8-9,14H,2-5,7H2,1H3. The summed E-state index contributed by atoms with van der Waals surface area (Å²) in [7, 11) is 0. The van der Waals surface area contributed by atoms with Crippen LogP contribution in [0.25, 0.3) is 0 Å². The molecule has 1 fully saturated rings. The van der Waals surface area contributed by atoms with Crippen LogP contribution in [0, 0.1) is 0 Å². The average molecular weight is 650 g/mol. The Balaban J connectivity index is 0.000000225. The Labute approximate surface area is 275 Å². The first kappa shape index (κ1) is 37.1. The van der Waals surface area contributed by atoms with Crippen LogP contribution in [-0.2, 0) is 12.8 Å². The van der Waals surface area contributed by atoms with Gasteiger partial charge in [-0.1, -0.05) is 149 Å². The molecular weight excluding hydrogens is 599 g/mol. The molecular formula is C37H51Cl3O3. The van der Waals surface area contributed by atoms with Crippen LogP contribution in [0.15, 0.2) is 54.6 Å². The molecule has 1 saturated carbocycles. The maximum absolute atomic E-state index is 9.50. The molecule has 3 nitrogen and oxygen atoms in total.